The molecule has 1 fully saturated rings. The van der Waals surface area contributed by atoms with Crippen LogP contribution >= 0.6 is 12.4 Å². The number of benzene rings is 1. The summed E-state index contributed by atoms with van der Waals surface area (Å²) in [5.41, 5.74) is 8.77. The summed E-state index contributed by atoms with van der Waals surface area (Å²) in [5, 5.41) is 6.65. The van der Waals surface area contributed by atoms with Crippen LogP contribution in [0.15, 0.2) is 34.9 Å². The summed E-state index contributed by atoms with van der Waals surface area (Å²) in [6.07, 6.45) is 2.24. The fourth-order valence-electron chi connectivity index (χ4n) is 2.50. The summed E-state index contributed by atoms with van der Waals surface area (Å²) in [6, 6.07) is 9.70. The Kier molecular flexibility index (Phi) is 6.02. The van der Waals surface area contributed by atoms with Crippen LogP contribution in [0.3, 0.4) is 0 Å². The molecule has 24 heavy (non-hydrogen) atoms. The third-order valence-corrected chi connectivity index (χ3v) is 4.25. The van der Waals surface area contributed by atoms with Crippen LogP contribution in [-0.4, -0.2) is 17.6 Å². The number of nitrogens with one attached hydrogen (secondary N) is 1. The molecule has 5 nitrogen and oxygen atoms in total. The molecule has 1 atom stereocenters. The number of carbonyl (C=O) groups is 1. The first kappa shape index (κ1) is 18.5. The number of halogens is 1. The van der Waals surface area contributed by atoms with Crippen molar-refractivity contribution in [1.29, 1.82) is 0 Å². The predicted octanol–water partition coefficient (Wildman–Crippen LogP) is 3.53. The molecule has 2 aromatic rings. The van der Waals surface area contributed by atoms with Crippen LogP contribution < -0.4 is 11.1 Å². The van der Waals surface area contributed by atoms with E-state index in [0.717, 1.165) is 24.2 Å². The van der Waals surface area contributed by atoms with Gasteiger partial charge in [-0.2, -0.15) is 0 Å². The minimum atomic E-state index is -0.241. The van der Waals surface area contributed by atoms with Gasteiger partial charge in [-0.15, -0.1) is 12.4 Å². The molecule has 1 aromatic heterocycles. The standard InChI is InChI=1S/C18H23N3O2.ClH/c1-11(2)12-3-5-13(6-4-12)15(19)10-20-18(22)16-9-17(23-21-16)14-7-8-14;/h3-6,9,11,14-15H,7-8,10,19H2,1-2H3,(H,20,22);1H. The lowest BCUT2D eigenvalue weighted by Gasteiger charge is -2.14. The van der Waals surface area contributed by atoms with Gasteiger partial charge in [-0.3, -0.25) is 4.79 Å². The lowest BCUT2D eigenvalue weighted by atomic mass is 9.99. The molecule has 1 heterocycles. The Hall–Kier alpha value is -1.85. The van der Waals surface area contributed by atoms with Crippen LogP contribution in [0.5, 0.6) is 0 Å². The van der Waals surface area contributed by atoms with Gasteiger partial charge in [0.2, 0.25) is 0 Å². The van der Waals surface area contributed by atoms with Crippen LogP contribution in [0.4, 0.5) is 0 Å². The highest BCUT2D eigenvalue weighted by molar-refractivity contribution is 5.92. The van der Waals surface area contributed by atoms with Crippen LogP contribution in [0.2, 0.25) is 0 Å². The van der Waals surface area contributed by atoms with Crippen molar-refractivity contribution < 1.29 is 9.32 Å². The quantitative estimate of drug-likeness (QED) is 0.835. The average Bonchev–Trinajstić information content (AvgIpc) is 3.29. The van der Waals surface area contributed by atoms with Crippen molar-refractivity contribution in [3.8, 4) is 0 Å². The lowest BCUT2D eigenvalue weighted by molar-refractivity contribution is 0.0942. The minimum absolute atomic E-state index is 0. The second kappa shape index (κ2) is 7.81. The number of rotatable bonds is 6. The highest BCUT2D eigenvalue weighted by atomic mass is 35.5. The number of nitrogens with zero attached hydrogens (tertiary/aromatic N) is 1. The van der Waals surface area contributed by atoms with E-state index in [2.05, 4.69) is 36.5 Å². The molecule has 0 spiro atoms. The Morgan fingerprint density at radius 1 is 1.29 bits per heavy atom. The molecule has 1 unspecified atom stereocenters. The Bertz CT molecular complexity index is 678. The SMILES string of the molecule is CC(C)c1ccc(C(N)CNC(=O)c2cc(C3CC3)on2)cc1.Cl. The molecule has 0 radical (unpaired) electrons. The smallest absolute Gasteiger partial charge is 0.273 e. The van der Waals surface area contributed by atoms with Crippen LogP contribution in [0, 0.1) is 0 Å². The van der Waals surface area contributed by atoms with E-state index in [1.165, 1.54) is 5.56 Å². The molecule has 1 saturated carbocycles. The van der Waals surface area contributed by atoms with Gasteiger partial charge in [-0.1, -0.05) is 43.3 Å². The largest absolute Gasteiger partial charge is 0.360 e. The molecule has 0 bridgehead atoms. The Morgan fingerprint density at radius 3 is 2.50 bits per heavy atom. The molecule has 0 aliphatic heterocycles. The first-order valence-corrected chi connectivity index (χ1v) is 8.15. The maximum absolute atomic E-state index is 12.1. The van der Waals surface area contributed by atoms with Crippen molar-refractivity contribution in [1.82, 2.24) is 10.5 Å². The van der Waals surface area contributed by atoms with Gasteiger partial charge in [0.05, 0.1) is 0 Å². The summed E-state index contributed by atoms with van der Waals surface area (Å²) in [4.78, 5) is 12.1. The van der Waals surface area contributed by atoms with Crippen LogP contribution in [-0.2, 0) is 0 Å². The van der Waals surface area contributed by atoms with Crippen LogP contribution in [0.1, 0.15) is 71.9 Å². The van der Waals surface area contributed by atoms with Crippen molar-refractivity contribution >= 4 is 18.3 Å². The highest BCUT2D eigenvalue weighted by Crippen LogP contribution is 2.40. The fourth-order valence-corrected chi connectivity index (χ4v) is 2.50. The van der Waals surface area contributed by atoms with E-state index < -0.39 is 0 Å². The first-order valence-electron chi connectivity index (χ1n) is 8.15. The number of hydrogen-bond donors (Lipinski definition) is 2. The second-order valence-electron chi connectivity index (χ2n) is 6.53. The van der Waals surface area contributed by atoms with Gasteiger partial charge in [-0.25, -0.2) is 0 Å². The van der Waals surface area contributed by atoms with E-state index in [1.807, 2.05) is 12.1 Å². The zero-order valence-corrected chi connectivity index (χ0v) is 14.8. The van der Waals surface area contributed by atoms with E-state index in [4.69, 9.17) is 10.3 Å². The van der Waals surface area contributed by atoms with Crippen molar-refractivity contribution in [3.05, 3.63) is 52.9 Å². The van der Waals surface area contributed by atoms with Gasteiger partial charge in [0.1, 0.15) is 5.76 Å². The highest BCUT2D eigenvalue weighted by Gasteiger charge is 2.28. The molecule has 0 saturated heterocycles. The molecule has 3 rings (SSSR count). The molecule has 6 heteroatoms. The summed E-state index contributed by atoms with van der Waals surface area (Å²) >= 11 is 0. The molecule has 1 aliphatic rings. The first-order chi connectivity index (χ1) is 11.0. The van der Waals surface area contributed by atoms with Gasteiger partial charge < -0.3 is 15.6 Å². The maximum atomic E-state index is 12.1. The van der Waals surface area contributed by atoms with E-state index in [0.29, 0.717) is 24.1 Å². The fraction of sp³-hybridized carbons (Fsp3) is 0.444. The van der Waals surface area contributed by atoms with E-state index >= 15 is 0 Å². The van der Waals surface area contributed by atoms with Gasteiger partial charge in [0.15, 0.2) is 5.69 Å². The third-order valence-electron chi connectivity index (χ3n) is 4.25. The topological polar surface area (TPSA) is 81.1 Å². The maximum Gasteiger partial charge on any atom is 0.273 e. The molecule has 130 valence electrons. The average molecular weight is 350 g/mol. The Labute approximate surface area is 148 Å². The monoisotopic (exact) mass is 349 g/mol. The summed E-state index contributed by atoms with van der Waals surface area (Å²) < 4.78 is 5.19. The molecule has 1 aliphatic carbocycles. The molecule has 1 amide bonds. The molecular weight excluding hydrogens is 326 g/mol. The lowest BCUT2D eigenvalue weighted by Crippen LogP contribution is -2.32. The van der Waals surface area contributed by atoms with Gasteiger partial charge in [0.25, 0.3) is 5.91 Å². The van der Waals surface area contributed by atoms with Gasteiger partial charge in [0, 0.05) is 24.6 Å². The zero-order valence-electron chi connectivity index (χ0n) is 14.0. The number of aromatic nitrogens is 1. The third kappa shape index (κ3) is 4.36. The number of hydrogen-bond acceptors (Lipinski definition) is 4. The van der Waals surface area contributed by atoms with Crippen molar-refractivity contribution in [2.45, 2.75) is 44.6 Å². The summed E-state index contributed by atoms with van der Waals surface area (Å²) in [6.45, 7) is 4.68. The van der Waals surface area contributed by atoms with Gasteiger partial charge >= 0.3 is 0 Å². The number of amides is 1. The summed E-state index contributed by atoms with van der Waals surface area (Å²) in [5.74, 6) is 1.51. The van der Waals surface area contributed by atoms with Crippen LogP contribution in [0.25, 0.3) is 0 Å². The second-order valence-corrected chi connectivity index (χ2v) is 6.53. The molecular formula is C18H24ClN3O2. The zero-order chi connectivity index (χ0) is 16.4. The van der Waals surface area contributed by atoms with Gasteiger partial charge in [-0.05, 0) is 29.9 Å². The normalized spacial score (nSPS) is 15.0. The van der Waals surface area contributed by atoms with Crippen molar-refractivity contribution in [3.63, 3.8) is 0 Å². The minimum Gasteiger partial charge on any atom is -0.360 e. The predicted molar refractivity (Wildman–Crippen MR) is 95.5 cm³/mol. The van der Waals surface area contributed by atoms with E-state index in [-0.39, 0.29) is 24.4 Å². The van der Waals surface area contributed by atoms with E-state index in [1.54, 1.807) is 6.07 Å². The Morgan fingerprint density at radius 2 is 1.92 bits per heavy atom. The van der Waals surface area contributed by atoms with Crippen molar-refractivity contribution in [2.24, 2.45) is 5.73 Å². The number of nitrogens with two attached hydrogens (primary N) is 1. The summed E-state index contributed by atoms with van der Waals surface area (Å²) in [7, 11) is 0. The van der Waals surface area contributed by atoms with Crippen molar-refractivity contribution in [2.75, 3.05) is 6.54 Å². The number of carbonyl (C=O) groups excluding carboxylic acids is 1. The Balaban J connectivity index is 0.00000208. The van der Waals surface area contributed by atoms with E-state index in [9.17, 15) is 4.79 Å². The molecule has 3 N–H and O–H groups in total. The molecule has 1 aromatic carbocycles.